The van der Waals surface area contributed by atoms with E-state index in [4.69, 9.17) is 4.74 Å². The summed E-state index contributed by atoms with van der Waals surface area (Å²) in [6.45, 7) is 4.77. The highest BCUT2D eigenvalue weighted by atomic mass is 16.5. The van der Waals surface area contributed by atoms with Crippen LogP contribution in [0.2, 0.25) is 0 Å². The van der Waals surface area contributed by atoms with Crippen molar-refractivity contribution in [3.8, 4) is 0 Å². The van der Waals surface area contributed by atoms with Crippen molar-refractivity contribution >= 4 is 0 Å². The van der Waals surface area contributed by atoms with Gasteiger partial charge in [0.15, 0.2) is 0 Å². The number of ether oxygens (including phenoxy) is 1. The Balaban J connectivity index is 1.62. The molecule has 0 spiro atoms. The van der Waals surface area contributed by atoms with Gasteiger partial charge in [-0.15, -0.1) is 0 Å². The molecule has 2 bridgehead atoms. The molecule has 14 heavy (non-hydrogen) atoms. The van der Waals surface area contributed by atoms with E-state index in [9.17, 15) is 0 Å². The van der Waals surface area contributed by atoms with Gasteiger partial charge in [-0.2, -0.15) is 0 Å². The monoisotopic (exact) mass is 198 g/mol. The van der Waals surface area contributed by atoms with Gasteiger partial charge in [0.25, 0.3) is 0 Å². The number of hydrogen-bond acceptors (Lipinski definition) is 3. The van der Waals surface area contributed by atoms with E-state index in [-0.39, 0.29) is 0 Å². The molecule has 2 heterocycles. The van der Waals surface area contributed by atoms with Gasteiger partial charge in [0.05, 0.1) is 12.2 Å². The number of likely N-dealkylation sites (tertiary alicyclic amines) is 1. The van der Waals surface area contributed by atoms with Crippen LogP contribution in [0.5, 0.6) is 0 Å². The molecular weight excluding hydrogens is 176 g/mol. The molecule has 0 saturated carbocycles. The summed E-state index contributed by atoms with van der Waals surface area (Å²) in [6.07, 6.45) is 6.30. The fraction of sp³-hybridized carbons (Fsp3) is 1.00. The average molecular weight is 198 g/mol. The average Bonchev–Trinajstić information content (AvgIpc) is 2.53. The highest BCUT2D eigenvalue weighted by Gasteiger charge is 2.32. The van der Waals surface area contributed by atoms with E-state index in [0.29, 0.717) is 12.2 Å². The SMILES string of the molecule is CNCCCCN1CC2CCC(C1)O2. The van der Waals surface area contributed by atoms with E-state index in [1.807, 2.05) is 7.05 Å². The first kappa shape index (κ1) is 10.4. The van der Waals surface area contributed by atoms with Gasteiger partial charge in [0, 0.05) is 13.1 Å². The van der Waals surface area contributed by atoms with E-state index in [0.717, 1.165) is 6.54 Å². The number of nitrogens with zero attached hydrogens (tertiary/aromatic N) is 1. The molecule has 1 N–H and O–H groups in total. The van der Waals surface area contributed by atoms with Crippen LogP contribution < -0.4 is 5.32 Å². The molecule has 0 aliphatic carbocycles. The summed E-state index contributed by atoms with van der Waals surface area (Å²) in [5.74, 6) is 0. The zero-order valence-corrected chi connectivity index (χ0v) is 9.17. The number of hydrogen-bond donors (Lipinski definition) is 1. The van der Waals surface area contributed by atoms with Gasteiger partial charge in [-0.05, 0) is 45.8 Å². The molecule has 2 aliphatic heterocycles. The lowest BCUT2D eigenvalue weighted by atomic mass is 10.2. The third-order valence-corrected chi connectivity index (χ3v) is 3.27. The van der Waals surface area contributed by atoms with Crippen molar-refractivity contribution in [3.05, 3.63) is 0 Å². The Morgan fingerprint density at radius 1 is 1.21 bits per heavy atom. The molecule has 2 aliphatic rings. The topological polar surface area (TPSA) is 24.5 Å². The van der Waals surface area contributed by atoms with Crippen LogP contribution in [0.25, 0.3) is 0 Å². The first-order valence-corrected chi connectivity index (χ1v) is 5.91. The number of rotatable bonds is 5. The minimum Gasteiger partial charge on any atom is -0.372 e. The molecule has 0 aromatic carbocycles. The number of fused-ring (bicyclic) bond motifs is 2. The van der Waals surface area contributed by atoms with Crippen molar-refractivity contribution in [2.75, 3.05) is 33.2 Å². The molecule has 2 saturated heterocycles. The highest BCUT2D eigenvalue weighted by molar-refractivity contribution is 4.84. The molecule has 82 valence electrons. The molecule has 0 amide bonds. The van der Waals surface area contributed by atoms with Crippen molar-refractivity contribution < 1.29 is 4.74 Å². The Labute approximate surface area is 86.8 Å². The molecule has 3 nitrogen and oxygen atoms in total. The first-order chi connectivity index (χ1) is 6.88. The fourth-order valence-corrected chi connectivity index (χ4v) is 2.52. The lowest BCUT2D eigenvalue weighted by Crippen LogP contribution is -2.42. The number of morpholine rings is 1. The Hall–Kier alpha value is -0.120. The van der Waals surface area contributed by atoms with Gasteiger partial charge in [-0.25, -0.2) is 0 Å². The second-order valence-corrected chi connectivity index (χ2v) is 4.53. The normalized spacial score (nSPS) is 32.4. The zero-order valence-electron chi connectivity index (χ0n) is 9.17. The maximum absolute atomic E-state index is 5.80. The Bertz CT molecular complexity index is 163. The van der Waals surface area contributed by atoms with Crippen molar-refractivity contribution in [1.29, 1.82) is 0 Å². The summed E-state index contributed by atoms with van der Waals surface area (Å²) >= 11 is 0. The van der Waals surface area contributed by atoms with Crippen molar-refractivity contribution in [2.24, 2.45) is 0 Å². The van der Waals surface area contributed by atoms with Gasteiger partial charge < -0.3 is 10.1 Å². The first-order valence-electron chi connectivity index (χ1n) is 5.91. The lowest BCUT2D eigenvalue weighted by molar-refractivity contribution is -0.0384. The van der Waals surface area contributed by atoms with Crippen LogP contribution in [0.15, 0.2) is 0 Å². The number of unbranched alkanes of at least 4 members (excludes halogenated alkanes) is 1. The van der Waals surface area contributed by atoms with Crippen molar-refractivity contribution in [1.82, 2.24) is 10.2 Å². The molecule has 0 radical (unpaired) electrons. The third-order valence-electron chi connectivity index (χ3n) is 3.27. The zero-order chi connectivity index (χ0) is 9.80. The fourth-order valence-electron chi connectivity index (χ4n) is 2.52. The quantitative estimate of drug-likeness (QED) is 0.663. The van der Waals surface area contributed by atoms with Gasteiger partial charge in [-0.3, -0.25) is 4.90 Å². The van der Waals surface area contributed by atoms with Crippen molar-refractivity contribution in [3.63, 3.8) is 0 Å². The molecular formula is C11H22N2O. The standard InChI is InChI=1S/C11H22N2O/c1-12-6-2-3-7-13-8-10-4-5-11(9-13)14-10/h10-12H,2-9H2,1H3. The maximum atomic E-state index is 5.80. The molecule has 0 aromatic heterocycles. The van der Waals surface area contributed by atoms with Crippen LogP contribution in [0.3, 0.4) is 0 Å². The summed E-state index contributed by atoms with van der Waals surface area (Å²) in [4.78, 5) is 2.58. The molecule has 2 rings (SSSR count). The lowest BCUT2D eigenvalue weighted by Gasteiger charge is -2.31. The smallest absolute Gasteiger partial charge is 0.0707 e. The van der Waals surface area contributed by atoms with Crippen LogP contribution in [-0.2, 0) is 4.74 Å². The summed E-state index contributed by atoms with van der Waals surface area (Å²) in [7, 11) is 2.02. The largest absolute Gasteiger partial charge is 0.372 e. The minimum atomic E-state index is 0.554. The summed E-state index contributed by atoms with van der Waals surface area (Å²) < 4.78 is 5.80. The Kier molecular flexibility index (Phi) is 3.79. The van der Waals surface area contributed by atoms with Crippen LogP contribution in [0.1, 0.15) is 25.7 Å². The van der Waals surface area contributed by atoms with Gasteiger partial charge in [0.1, 0.15) is 0 Å². The second kappa shape index (κ2) is 5.10. The van der Waals surface area contributed by atoms with Crippen LogP contribution in [-0.4, -0.2) is 50.3 Å². The van der Waals surface area contributed by atoms with E-state index in [2.05, 4.69) is 10.2 Å². The third kappa shape index (κ3) is 2.69. The molecule has 2 fully saturated rings. The predicted molar refractivity (Wildman–Crippen MR) is 57.5 cm³/mol. The molecule has 2 unspecified atom stereocenters. The Morgan fingerprint density at radius 3 is 2.57 bits per heavy atom. The van der Waals surface area contributed by atoms with E-state index < -0.39 is 0 Å². The number of nitrogens with one attached hydrogen (secondary N) is 1. The van der Waals surface area contributed by atoms with Gasteiger partial charge in [0.2, 0.25) is 0 Å². The predicted octanol–water partition coefficient (Wildman–Crippen LogP) is 0.849. The van der Waals surface area contributed by atoms with Crippen LogP contribution in [0, 0.1) is 0 Å². The van der Waals surface area contributed by atoms with Crippen LogP contribution in [0.4, 0.5) is 0 Å². The van der Waals surface area contributed by atoms with Gasteiger partial charge in [-0.1, -0.05) is 0 Å². The van der Waals surface area contributed by atoms with E-state index in [1.165, 1.54) is 45.3 Å². The van der Waals surface area contributed by atoms with Crippen molar-refractivity contribution in [2.45, 2.75) is 37.9 Å². The van der Waals surface area contributed by atoms with Crippen LogP contribution >= 0.6 is 0 Å². The van der Waals surface area contributed by atoms with Gasteiger partial charge >= 0.3 is 0 Å². The minimum absolute atomic E-state index is 0.554. The molecule has 3 heteroatoms. The highest BCUT2D eigenvalue weighted by Crippen LogP contribution is 2.26. The summed E-state index contributed by atoms with van der Waals surface area (Å²) in [6, 6.07) is 0. The maximum Gasteiger partial charge on any atom is 0.0707 e. The summed E-state index contributed by atoms with van der Waals surface area (Å²) in [5, 5.41) is 3.19. The van der Waals surface area contributed by atoms with E-state index >= 15 is 0 Å². The van der Waals surface area contributed by atoms with E-state index in [1.54, 1.807) is 0 Å². The molecule has 0 aromatic rings. The molecule has 2 atom stereocenters. The summed E-state index contributed by atoms with van der Waals surface area (Å²) in [5.41, 5.74) is 0. The Morgan fingerprint density at radius 2 is 1.93 bits per heavy atom. The second-order valence-electron chi connectivity index (χ2n) is 4.53.